The quantitative estimate of drug-likeness (QED) is 0.722. The smallest absolute Gasteiger partial charge is 0.309 e. The maximum absolute atomic E-state index is 11.8. The summed E-state index contributed by atoms with van der Waals surface area (Å²) >= 11 is 0. The van der Waals surface area contributed by atoms with Crippen molar-refractivity contribution in [3.63, 3.8) is 0 Å². The molecule has 1 aromatic rings. The molecule has 6 nitrogen and oxygen atoms in total. The minimum Gasteiger partial charge on any atom is -0.469 e. The van der Waals surface area contributed by atoms with E-state index in [-0.39, 0.29) is 23.8 Å². The molecule has 0 heterocycles. The fourth-order valence-electron chi connectivity index (χ4n) is 1.34. The molecule has 0 aliphatic rings. The third kappa shape index (κ3) is 4.98. The van der Waals surface area contributed by atoms with Crippen molar-refractivity contribution in [2.45, 2.75) is 24.3 Å². The number of hydrogen-bond donors (Lipinski definition) is 2. The zero-order chi connectivity index (χ0) is 14.5. The Morgan fingerprint density at radius 1 is 1.37 bits per heavy atom. The van der Waals surface area contributed by atoms with Crippen molar-refractivity contribution >= 4 is 16.0 Å². The van der Waals surface area contributed by atoms with Crippen LogP contribution < -0.4 is 4.72 Å². The van der Waals surface area contributed by atoms with E-state index in [1.165, 1.54) is 26.2 Å². The van der Waals surface area contributed by atoms with Crippen LogP contribution in [0.4, 0.5) is 0 Å². The Hall–Kier alpha value is -1.44. The van der Waals surface area contributed by atoms with E-state index in [1.54, 1.807) is 12.1 Å². The highest BCUT2D eigenvalue weighted by atomic mass is 32.2. The van der Waals surface area contributed by atoms with Crippen LogP contribution in [0.25, 0.3) is 0 Å². The topological polar surface area (TPSA) is 92.7 Å². The molecule has 0 spiro atoms. The van der Waals surface area contributed by atoms with E-state index in [0.717, 1.165) is 0 Å². The monoisotopic (exact) mass is 287 g/mol. The van der Waals surface area contributed by atoms with Crippen LogP contribution in [0, 0.1) is 0 Å². The first-order chi connectivity index (χ1) is 8.85. The van der Waals surface area contributed by atoms with Crippen LogP contribution >= 0.6 is 0 Å². The van der Waals surface area contributed by atoms with Crippen LogP contribution in [0.2, 0.25) is 0 Å². The van der Waals surface area contributed by atoms with Crippen molar-refractivity contribution < 1.29 is 23.1 Å². The molecule has 0 unspecified atom stereocenters. The fourth-order valence-corrected chi connectivity index (χ4v) is 2.46. The minimum absolute atomic E-state index is 0.0494. The van der Waals surface area contributed by atoms with Crippen LogP contribution in [0.15, 0.2) is 29.2 Å². The molecular formula is C12H17NO5S. The molecule has 1 atom stereocenters. The van der Waals surface area contributed by atoms with Gasteiger partial charge in [-0.05, 0) is 24.6 Å². The third-order valence-electron chi connectivity index (χ3n) is 2.38. The Bertz CT molecular complexity index is 522. The van der Waals surface area contributed by atoms with E-state index >= 15 is 0 Å². The summed E-state index contributed by atoms with van der Waals surface area (Å²) in [6.07, 6.45) is -0.661. The molecule has 0 aliphatic carbocycles. The standard InChI is InChI=1S/C12H17NO5S/c1-9(14)8-13-19(16,17)11-5-3-10(4-6-11)7-12(15)18-2/h3-6,9,13-14H,7-8H2,1-2H3/t9-/m0/s1. The molecule has 0 aromatic heterocycles. The van der Waals surface area contributed by atoms with Crippen molar-refractivity contribution in [2.75, 3.05) is 13.7 Å². The molecule has 1 aromatic carbocycles. The summed E-state index contributed by atoms with van der Waals surface area (Å²) in [5.41, 5.74) is 0.668. The number of aliphatic hydroxyl groups is 1. The van der Waals surface area contributed by atoms with Gasteiger partial charge in [0.1, 0.15) is 0 Å². The lowest BCUT2D eigenvalue weighted by atomic mass is 10.2. The minimum atomic E-state index is -3.63. The Kier molecular flexibility index (Phi) is 5.46. The van der Waals surface area contributed by atoms with Crippen molar-refractivity contribution in [2.24, 2.45) is 0 Å². The fraction of sp³-hybridized carbons (Fsp3) is 0.417. The van der Waals surface area contributed by atoms with E-state index in [4.69, 9.17) is 5.11 Å². The summed E-state index contributed by atoms with van der Waals surface area (Å²) < 4.78 is 30.4. The van der Waals surface area contributed by atoms with Crippen molar-refractivity contribution in [1.29, 1.82) is 0 Å². The Labute approximate surface area is 112 Å². The number of nitrogens with one attached hydrogen (secondary N) is 1. The molecule has 0 radical (unpaired) electrons. The number of rotatable bonds is 6. The first-order valence-electron chi connectivity index (χ1n) is 5.68. The largest absolute Gasteiger partial charge is 0.469 e. The molecule has 1 rings (SSSR count). The average Bonchev–Trinajstić information content (AvgIpc) is 2.37. The third-order valence-corrected chi connectivity index (χ3v) is 3.82. The SMILES string of the molecule is COC(=O)Cc1ccc(S(=O)(=O)NC[C@H](C)O)cc1. The van der Waals surface area contributed by atoms with Gasteiger partial charge < -0.3 is 9.84 Å². The van der Waals surface area contributed by atoms with Gasteiger partial charge in [0.05, 0.1) is 24.5 Å². The molecular weight excluding hydrogens is 270 g/mol. The zero-order valence-electron chi connectivity index (χ0n) is 10.8. The maximum Gasteiger partial charge on any atom is 0.309 e. The molecule has 0 saturated carbocycles. The Morgan fingerprint density at radius 3 is 2.42 bits per heavy atom. The first kappa shape index (κ1) is 15.6. The summed E-state index contributed by atoms with van der Waals surface area (Å²) in [6, 6.07) is 5.91. The highest BCUT2D eigenvalue weighted by Crippen LogP contribution is 2.11. The molecule has 7 heteroatoms. The first-order valence-corrected chi connectivity index (χ1v) is 7.17. The summed E-state index contributed by atoms with van der Waals surface area (Å²) in [4.78, 5) is 11.1. The van der Waals surface area contributed by atoms with Crippen molar-refractivity contribution in [1.82, 2.24) is 4.72 Å². The number of esters is 1. The maximum atomic E-state index is 11.8. The van der Waals surface area contributed by atoms with Gasteiger partial charge in [-0.3, -0.25) is 4.79 Å². The predicted octanol–water partition coefficient (Wildman–Crippen LogP) is 0.0612. The molecule has 0 saturated heterocycles. The number of sulfonamides is 1. The van der Waals surface area contributed by atoms with Gasteiger partial charge in [-0.2, -0.15) is 0 Å². The second-order valence-electron chi connectivity index (χ2n) is 4.10. The number of aliphatic hydroxyl groups excluding tert-OH is 1. The van der Waals surface area contributed by atoms with Crippen LogP contribution in [-0.4, -0.2) is 39.3 Å². The van der Waals surface area contributed by atoms with E-state index in [1.807, 2.05) is 0 Å². The zero-order valence-corrected chi connectivity index (χ0v) is 11.6. The van der Waals surface area contributed by atoms with Gasteiger partial charge in [0.15, 0.2) is 0 Å². The number of carbonyl (C=O) groups excluding carboxylic acids is 1. The molecule has 0 aliphatic heterocycles. The normalized spacial score (nSPS) is 13.0. The number of ether oxygens (including phenoxy) is 1. The lowest BCUT2D eigenvalue weighted by Gasteiger charge is -2.08. The van der Waals surface area contributed by atoms with Crippen LogP contribution in [0.3, 0.4) is 0 Å². The highest BCUT2D eigenvalue weighted by Gasteiger charge is 2.14. The van der Waals surface area contributed by atoms with Crippen LogP contribution in [0.1, 0.15) is 12.5 Å². The Morgan fingerprint density at radius 2 is 1.95 bits per heavy atom. The molecule has 19 heavy (non-hydrogen) atoms. The summed E-state index contributed by atoms with van der Waals surface area (Å²) in [7, 11) is -2.34. The lowest BCUT2D eigenvalue weighted by molar-refractivity contribution is -0.139. The van der Waals surface area contributed by atoms with Gasteiger partial charge >= 0.3 is 5.97 Å². The molecule has 0 bridgehead atoms. The summed E-state index contributed by atoms with van der Waals surface area (Å²) in [6.45, 7) is 1.44. The van der Waals surface area contributed by atoms with Gasteiger partial charge in [0, 0.05) is 6.54 Å². The summed E-state index contributed by atoms with van der Waals surface area (Å²) in [5.74, 6) is -0.386. The van der Waals surface area contributed by atoms with E-state index in [2.05, 4.69) is 9.46 Å². The summed E-state index contributed by atoms with van der Waals surface area (Å²) in [5, 5.41) is 9.05. The highest BCUT2D eigenvalue weighted by molar-refractivity contribution is 7.89. The average molecular weight is 287 g/mol. The predicted molar refractivity (Wildman–Crippen MR) is 69.0 cm³/mol. The van der Waals surface area contributed by atoms with Gasteiger partial charge in [-0.15, -0.1) is 0 Å². The lowest BCUT2D eigenvalue weighted by Crippen LogP contribution is -2.30. The van der Waals surface area contributed by atoms with Crippen LogP contribution in [-0.2, 0) is 26.0 Å². The van der Waals surface area contributed by atoms with Crippen LogP contribution in [0.5, 0.6) is 0 Å². The van der Waals surface area contributed by atoms with E-state index in [9.17, 15) is 13.2 Å². The second kappa shape index (κ2) is 6.65. The molecule has 2 N–H and O–H groups in total. The molecule has 106 valence electrons. The van der Waals surface area contributed by atoms with Gasteiger partial charge in [-0.25, -0.2) is 13.1 Å². The molecule has 0 amide bonds. The van der Waals surface area contributed by atoms with Gasteiger partial charge in [-0.1, -0.05) is 12.1 Å². The van der Waals surface area contributed by atoms with E-state index in [0.29, 0.717) is 5.56 Å². The van der Waals surface area contributed by atoms with Crippen molar-refractivity contribution in [3.05, 3.63) is 29.8 Å². The Balaban J connectivity index is 2.78. The van der Waals surface area contributed by atoms with Gasteiger partial charge in [0.25, 0.3) is 0 Å². The molecule has 0 fully saturated rings. The van der Waals surface area contributed by atoms with E-state index < -0.39 is 16.1 Å². The van der Waals surface area contributed by atoms with Crippen molar-refractivity contribution in [3.8, 4) is 0 Å². The number of carbonyl (C=O) groups is 1. The number of hydrogen-bond acceptors (Lipinski definition) is 5. The number of benzene rings is 1. The van der Waals surface area contributed by atoms with Gasteiger partial charge in [0.2, 0.25) is 10.0 Å². The number of methoxy groups -OCH3 is 1. The second-order valence-corrected chi connectivity index (χ2v) is 5.86.